The number of carbonyl (C=O) groups excluding carboxylic acids is 1. The Labute approximate surface area is 179 Å². The summed E-state index contributed by atoms with van der Waals surface area (Å²) < 4.78 is 5.91. The van der Waals surface area contributed by atoms with Gasteiger partial charge < -0.3 is 15.0 Å². The molecule has 0 aliphatic rings. The van der Waals surface area contributed by atoms with Crippen LogP contribution in [0.25, 0.3) is 0 Å². The van der Waals surface area contributed by atoms with Crippen LogP contribution < -0.4 is 10.1 Å². The molecule has 152 valence electrons. The highest BCUT2D eigenvalue weighted by Gasteiger charge is 2.12. The van der Waals surface area contributed by atoms with Gasteiger partial charge in [0.2, 0.25) is 11.0 Å². The summed E-state index contributed by atoms with van der Waals surface area (Å²) in [6.45, 7) is 2.73. The third kappa shape index (κ3) is 6.20. The number of methoxy groups -OCH3 is 1. The Bertz CT molecular complexity index is 927. The summed E-state index contributed by atoms with van der Waals surface area (Å²) in [5.74, 6) is 1.20. The Morgan fingerprint density at radius 2 is 1.79 bits per heavy atom. The zero-order chi connectivity index (χ0) is 20.6. The lowest BCUT2D eigenvalue weighted by atomic mass is 10.1. The number of hydrogen-bond donors (Lipinski definition) is 1. The molecule has 0 unspecified atom stereocenters. The molecule has 0 spiro atoms. The van der Waals surface area contributed by atoms with Gasteiger partial charge in [-0.25, -0.2) is 0 Å². The van der Waals surface area contributed by atoms with E-state index in [2.05, 4.69) is 46.7 Å². The molecule has 0 bridgehead atoms. The van der Waals surface area contributed by atoms with E-state index in [1.165, 1.54) is 28.7 Å². The van der Waals surface area contributed by atoms with Crippen molar-refractivity contribution in [1.82, 2.24) is 15.1 Å². The van der Waals surface area contributed by atoms with Gasteiger partial charge in [0, 0.05) is 19.3 Å². The minimum Gasteiger partial charge on any atom is -0.497 e. The number of anilines is 2. The van der Waals surface area contributed by atoms with Crippen LogP contribution in [0.15, 0.2) is 52.9 Å². The summed E-state index contributed by atoms with van der Waals surface area (Å²) in [7, 11) is 3.46. The van der Waals surface area contributed by atoms with Crippen LogP contribution in [-0.4, -0.2) is 40.9 Å². The minimum absolute atomic E-state index is 0.0643. The molecule has 0 fully saturated rings. The Hall–Kier alpha value is -2.58. The number of nitrogens with zero attached hydrogens (tertiary/aromatic N) is 3. The van der Waals surface area contributed by atoms with Gasteiger partial charge in [0.15, 0.2) is 4.34 Å². The molecule has 1 heterocycles. The van der Waals surface area contributed by atoms with Gasteiger partial charge in [-0.2, -0.15) is 0 Å². The summed E-state index contributed by atoms with van der Waals surface area (Å²) in [6.07, 6.45) is 1.02. The molecule has 6 nitrogen and oxygen atoms in total. The van der Waals surface area contributed by atoms with Gasteiger partial charge in [-0.1, -0.05) is 54.3 Å². The number of benzene rings is 2. The van der Waals surface area contributed by atoms with Crippen molar-refractivity contribution in [3.05, 3.63) is 59.7 Å². The quantitative estimate of drug-likeness (QED) is 0.502. The number of hydrogen-bond acceptors (Lipinski definition) is 7. The molecular formula is C21H24N4O2S2. The monoisotopic (exact) mass is 428 g/mol. The predicted molar refractivity (Wildman–Crippen MR) is 119 cm³/mol. The van der Waals surface area contributed by atoms with Crippen molar-refractivity contribution in [2.24, 2.45) is 0 Å². The highest BCUT2D eigenvalue weighted by Crippen LogP contribution is 2.28. The summed E-state index contributed by atoms with van der Waals surface area (Å²) in [5.41, 5.74) is 3.34. The number of amides is 1. The van der Waals surface area contributed by atoms with Crippen LogP contribution in [0.4, 0.5) is 10.8 Å². The predicted octanol–water partition coefficient (Wildman–Crippen LogP) is 4.60. The largest absolute Gasteiger partial charge is 0.497 e. The summed E-state index contributed by atoms with van der Waals surface area (Å²) in [4.78, 5) is 14.2. The van der Waals surface area contributed by atoms with Crippen LogP contribution in [0.2, 0.25) is 0 Å². The Kier molecular flexibility index (Phi) is 7.48. The van der Waals surface area contributed by atoms with Gasteiger partial charge >= 0.3 is 0 Å². The first-order chi connectivity index (χ1) is 14.1. The Morgan fingerprint density at radius 3 is 2.45 bits per heavy atom. The standard InChI is InChI=1S/C21H24N4O2S2/c1-4-15-5-7-16(8-6-15)13-25(2)19(26)14-28-21-24-23-20(29-21)22-17-9-11-18(27-3)12-10-17/h5-12H,4,13-14H2,1-3H3,(H,22,23). The number of aryl methyl sites for hydroxylation is 1. The third-order valence-electron chi connectivity index (χ3n) is 4.34. The molecule has 0 aliphatic heterocycles. The van der Waals surface area contributed by atoms with Gasteiger partial charge in [-0.05, 0) is 41.8 Å². The van der Waals surface area contributed by atoms with Gasteiger partial charge in [0.25, 0.3) is 0 Å². The molecule has 2 aromatic carbocycles. The number of thioether (sulfide) groups is 1. The van der Waals surface area contributed by atoms with Crippen molar-refractivity contribution in [3.8, 4) is 5.75 Å². The van der Waals surface area contributed by atoms with E-state index in [0.717, 1.165) is 27.8 Å². The van der Waals surface area contributed by atoms with E-state index in [1.807, 2.05) is 31.3 Å². The van der Waals surface area contributed by atoms with E-state index >= 15 is 0 Å². The minimum atomic E-state index is 0.0643. The molecular weight excluding hydrogens is 404 g/mol. The molecule has 0 aliphatic carbocycles. The van der Waals surface area contributed by atoms with Gasteiger partial charge in [-0.3, -0.25) is 4.79 Å². The normalized spacial score (nSPS) is 10.6. The van der Waals surface area contributed by atoms with E-state index in [0.29, 0.717) is 17.4 Å². The fourth-order valence-corrected chi connectivity index (χ4v) is 4.31. The lowest BCUT2D eigenvalue weighted by Crippen LogP contribution is -2.27. The number of rotatable bonds is 9. The summed E-state index contributed by atoms with van der Waals surface area (Å²) >= 11 is 2.83. The van der Waals surface area contributed by atoms with E-state index < -0.39 is 0 Å². The van der Waals surface area contributed by atoms with Crippen molar-refractivity contribution in [1.29, 1.82) is 0 Å². The Morgan fingerprint density at radius 1 is 1.10 bits per heavy atom. The average Bonchev–Trinajstić information content (AvgIpc) is 3.20. The summed E-state index contributed by atoms with van der Waals surface area (Å²) in [6, 6.07) is 16.0. The fourth-order valence-electron chi connectivity index (χ4n) is 2.59. The first-order valence-electron chi connectivity index (χ1n) is 9.26. The van der Waals surface area contributed by atoms with E-state index in [-0.39, 0.29) is 5.91 Å². The van der Waals surface area contributed by atoms with Crippen LogP contribution in [0.5, 0.6) is 5.75 Å². The van der Waals surface area contributed by atoms with E-state index in [9.17, 15) is 4.79 Å². The molecule has 29 heavy (non-hydrogen) atoms. The molecule has 3 rings (SSSR count). The zero-order valence-electron chi connectivity index (χ0n) is 16.7. The molecule has 3 aromatic rings. The maximum atomic E-state index is 12.4. The molecule has 1 aromatic heterocycles. The lowest BCUT2D eigenvalue weighted by molar-refractivity contribution is -0.127. The molecule has 0 saturated carbocycles. The number of carbonyl (C=O) groups is 1. The second kappa shape index (κ2) is 10.3. The number of ether oxygens (including phenoxy) is 1. The van der Waals surface area contributed by atoms with Crippen molar-refractivity contribution in [3.63, 3.8) is 0 Å². The van der Waals surface area contributed by atoms with Crippen LogP contribution >= 0.6 is 23.1 Å². The van der Waals surface area contributed by atoms with Gasteiger partial charge in [0.05, 0.1) is 12.9 Å². The van der Waals surface area contributed by atoms with Crippen molar-refractivity contribution in [2.45, 2.75) is 24.2 Å². The fraction of sp³-hybridized carbons (Fsp3) is 0.286. The van der Waals surface area contributed by atoms with Crippen molar-refractivity contribution >= 4 is 39.8 Å². The number of nitrogens with one attached hydrogen (secondary N) is 1. The maximum absolute atomic E-state index is 12.4. The van der Waals surface area contributed by atoms with Gasteiger partial charge in [0.1, 0.15) is 5.75 Å². The number of aromatic nitrogens is 2. The highest BCUT2D eigenvalue weighted by atomic mass is 32.2. The van der Waals surface area contributed by atoms with Crippen LogP contribution in [0, 0.1) is 0 Å². The van der Waals surface area contributed by atoms with Crippen LogP contribution in [-0.2, 0) is 17.8 Å². The van der Waals surface area contributed by atoms with Gasteiger partial charge in [-0.15, -0.1) is 10.2 Å². The van der Waals surface area contributed by atoms with Crippen molar-refractivity contribution in [2.75, 3.05) is 25.2 Å². The molecule has 1 N–H and O–H groups in total. The maximum Gasteiger partial charge on any atom is 0.233 e. The molecule has 0 saturated heterocycles. The summed E-state index contributed by atoms with van der Waals surface area (Å²) in [5, 5.41) is 12.2. The zero-order valence-corrected chi connectivity index (χ0v) is 18.3. The molecule has 8 heteroatoms. The highest BCUT2D eigenvalue weighted by molar-refractivity contribution is 8.01. The Balaban J connectivity index is 1.48. The second-order valence-electron chi connectivity index (χ2n) is 6.44. The van der Waals surface area contributed by atoms with Crippen LogP contribution in [0.1, 0.15) is 18.1 Å². The smallest absolute Gasteiger partial charge is 0.233 e. The third-order valence-corrected chi connectivity index (χ3v) is 6.30. The first kappa shape index (κ1) is 21.1. The van der Waals surface area contributed by atoms with Crippen molar-refractivity contribution < 1.29 is 9.53 Å². The lowest BCUT2D eigenvalue weighted by Gasteiger charge is -2.17. The SMILES string of the molecule is CCc1ccc(CN(C)C(=O)CSc2nnc(Nc3ccc(OC)cc3)s2)cc1. The second-order valence-corrected chi connectivity index (χ2v) is 8.64. The average molecular weight is 429 g/mol. The molecule has 0 radical (unpaired) electrons. The van der Waals surface area contributed by atoms with E-state index in [1.54, 1.807) is 12.0 Å². The van der Waals surface area contributed by atoms with Crippen LogP contribution in [0.3, 0.4) is 0 Å². The molecule has 1 amide bonds. The molecule has 0 atom stereocenters. The first-order valence-corrected chi connectivity index (χ1v) is 11.1. The topological polar surface area (TPSA) is 67.4 Å². The van der Waals surface area contributed by atoms with E-state index in [4.69, 9.17) is 4.74 Å².